The van der Waals surface area contributed by atoms with Crippen LogP contribution in [0.5, 0.6) is 0 Å². The minimum Gasteiger partial charge on any atom is -0.356 e. The highest BCUT2D eigenvalue weighted by Crippen LogP contribution is 2.61. The lowest BCUT2D eigenvalue weighted by atomic mass is 9.49. The molecule has 0 unspecified atom stereocenters. The first kappa shape index (κ1) is 20.1. The number of rotatable bonds is 7. The fourth-order valence-corrected chi connectivity index (χ4v) is 7.20. The van der Waals surface area contributed by atoms with Crippen LogP contribution in [-0.4, -0.2) is 42.1 Å². The minimum absolute atomic E-state index is 0.234. The van der Waals surface area contributed by atoms with E-state index in [0.717, 1.165) is 48.8 Å². The van der Waals surface area contributed by atoms with Gasteiger partial charge in [0, 0.05) is 44.4 Å². The molecular formula is C24H37N5O. The van der Waals surface area contributed by atoms with Gasteiger partial charge in [0.15, 0.2) is 0 Å². The largest absolute Gasteiger partial charge is 0.356 e. The SMILES string of the molecule is Cc1cc(N2CCCCC2)nc(NCCNC(=O)CC23CC4CC(CC(C4)C2)C3)n1. The molecule has 2 N–H and O–H groups in total. The van der Waals surface area contributed by atoms with Gasteiger partial charge in [0.25, 0.3) is 0 Å². The predicted octanol–water partition coefficient (Wildman–Crippen LogP) is 3.91. The number of amides is 1. The molecule has 1 aromatic rings. The van der Waals surface area contributed by atoms with Crippen LogP contribution in [0.4, 0.5) is 11.8 Å². The van der Waals surface area contributed by atoms with Crippen LogP contribution in [0, 0.1) is 30.1 Å². The van der Waals surface area contributed by atoms with Crippen molar-refractivity contribution in [3.8, 4) is 0 Å². The summed E-state index contributed by atoms with van der Waals surface area (Å²) in [6.07, 6.45) is 12.7. The first-order valence-corrected chi connectivity index (χ1v) is 12.2. The van der Waals surface area contributed by atoms with E-state index in [4.69, 9.17) is 4.98 Å². The number of nitrogens with one attached hydrogen (secondary N) is 2. The Hall–Kier alpha value is -1.85. The molecule has 0 aromatic carbocycles. The Morgan fingerprint density at radius 1 is 1.03 bits per heavy atom. The average molecular weight is 412 g/mol. The van der Waals surface area contributed by atoms with E-state index >= 15 is 0 Å². The Morgan fingerprint density at radius 2 is 1.70 bits per heavy atom. The van der Waals surface area contributed by atoms with Crippen molar-refractivity contribution >= 4 is 17.7 Å². The van der Waals surface area contributed by atoms with Gasteiger partial charge in [-0.1, -0.05) is 0 Å². The molecule has 1 amide bonds. The maximum Gasteiger partial charge on any atom is 0.224 e. The van der Waals surface area contributed by atoms with Gasteiger partial charge in [-0.25, -0.2) is 4.98 Å². The molecule has 4 bridgehead atoms. The number of aryl methyl sites for hydroxylation is 1. The highest BCUT2D eigenvalue weighted by atomic mass is 16.1. The van der Waals surface area contributed by atoms with Crippen LogP contribution in [0.25, 0.3) is 0 Å². The maximum atomic E-state index is 12.7. The summed E-state index contributed by atoms with van der Waals surface area (Å²) >= 11 is 0. The van der Waals surface area contributed by atoms with Gasteiger partial charge in [0.05, 0.1) is 0 Å². The molecule has 6 heteroatoms. The average Bonchev–Trinajstić information content (AvgIpc) is 2.70. The Bertz CT molecular complexity index is 738. The summed E-state index contributed by atoms with van der Waals surface area (Å²) in [5.74, 6) is 4.63. The van der Waals surface area contributed by atoms with E-state index in [9.17, 15) is 4.79 Å². The summed E-state index contributed by atoms with van der Waals surface area (Å²) in [7, 11) is 0. The van der Waals surface area contributed by atoms with E-state index in [1.165, 1.54) is 57.8 Å². The number of carbonyl (C=O) groups excluding carboxylic acids is 1. The van der Waals surface area contributed by atoms with Gasteiger partial charge in [-0.05, 0) is 87.9 Å². The third-order valence-electron chi connectivity index (χ3n) is 7.95. The summed E-state index contributed by atoms with van der Waals surface area (Å²) in [6.45, 7) is 5.47. The van der Waals surface area contributed by atoms with E-state index in [-0.39, 0.29) is 5.91 Å². The lowest BCUT2D eigenvalue weighted by molar-refractivity contribution is -0.129. The highest BCUT2D eigenvalue weighted by Gasteiger charge is 2.51. The molecule has 164 valence electrons. The van der Waals surface area contributed by atoms with Crippen molar-refractivity contribution in [2.24, 2.45) is 23.2 Å². The molecular weight excluding hydrogens is 374 g/mol. The smallest absolute Gasteiger partial charge is 0.224 e. The lowest BCUT2D eigenvalue weighted by Crippen LogP contribution is -2.48. The fraction of sp³-hybridized carbons (Fsp3) is 0.792. The first-order valence-electron chi connectivity index (χ1n) is 12.2. The topological polar surface area (TPSA) is 70.2 Å². The fourth-order valence-electron chi connectivity index (χ4n) is 7.20. The van der Waals surface area contributed by atoms with Crippen molar-refractivity contribution in [3.05, 3.63) is 11.8 Å². The molecule has 5 aliphatic rings. The number of aromatic nitrogens is 2. The molecule has 0 spiro atoms. The summed E-state index contributed by atoms with van der Waals surface area (Å²) in [4.78, 5) is 24.3. The van der Waals surface area contributed by atoms with Gasteiger partial charge in [0.2, 0.25) is 11.9 Å². The van der Waals surface area contributed by atoms with E-state index in [1.807, 2.05) is 6.92 Å². The van der Waals surface area contributed by atoms with Crippen molar-refractivity contribution in [3.63, 3.8) is 0 Å². The molecule has 0 radical (unpaired) electrons. The van der Waals surface area contributed by atoms with Crippen molar-refractivity contribution < 1.29 is 4.79 Å². The molecule has 6 rings (SSSR count). The number of anilines is 2. The normalized spacial score (nSPS) is 32.3. The molecule has 2 heterocycles. The molecule has 0 atom stereocenters. The standard InChI is InChI=1S/C24H37N5O/c1-17-9-21(29-7-3-2-4-8-29)28-23(27-17)26-6-5-25-22(30)16-24-13-18-10-19(14-24)12-20(11-18)15-24/h9,18-20H,2-8,10-16H2,1H3,(H,25,30)(H,26,27,28). The second-order valence-electron chi connectivity index (χ2n) is 10.6. The van der Waals surface area contributed by atoms with Gasteiger partial charge in [-0.3, -0.25) is 4.79 Å². The summed E-state index contributed by atoms with van der Waals surface area (Å²) in [6, 6.07) is 2.07. The number of hydrogen-bond donors (Lipinski definition) is 2. The highest BCUT2D eigenvalue weighted by molar-refractivity contribution is 5.76. The lowest BCUT2D eigenvalue weighted by Gasteiger charge is -2.56. The third-order valence-corrected chi connectivity index (χ3v) is 7.95. The Morgan fingerprint density at radius 3 is 2.37 bits per heavy atom. The van der Waals surface area contributed by atoms with E-state index in [0.29, 0.717) is 24.5 Å². The first-order chi connectivity index (χ1) is 14.6. The van der Waals surface area contributed by atoms with Crippen molar-refractivity contribution in [1.82, 2.24) is 15.3 Å². The van der Waals surface area contributed by atoms with Gasteiger partial charge in [0.1, 0.15) is 5.82 Å². The van der Waals surface area contributed by atoms with E-state index in [2.05, 4.69) is 26.6 Å². The molecule has 30 heavy (non-hydrogen) atoms. The van der Waals surface area contributed by atoms with Gasteiger partial charge < -0.3 is 15.5 Å². The van der Waals surface area contributed by atoms with Crippen molar-refractivity contribution in [1.29, 1.82) is 0 Å². The number of piperidine rings is 1. The van der Waals surface area contributed by atoms with Crippen molar-refractivity contribution in [2.75, 3.05) is 36.4 Å². The van der Waals surface area contributed by atoms with Crippen molar-refractivity contribution in [2.45, 2.75) is 71.1 Å². The Kier molecular flexibility index (Phi) is 5.59. The van der Waals surface area contributed by atoms with Gasteiger partial charge in [-0.15, -0.1) is 0 Å². The summed E-state index contributed by atoms with van der Waals surface area (Å²) in [5.41, 5.74) is 1.30. The molecule has 1 aromatic heterocycles. The molecule has 4 saturated carbocycles. The van der Waals surface area contributed by atoms with E-state index in [1.54, 1.807) is 0 Å². The van der Waals surface area contributed by atoms with Crippen LogP contribution >= 0.6 is 0 Å². The summed E-state index contributed by atoms with van der Waals surface area (Å²) in [5, 5.41) is 6.47. The Labute approximate surface area is 180 Å². The summed E-state index contributed by atoms with van der Waals surface area (Å²) < 4.78 is 0. The van der Waals surface area contributed by atoms with Crippen LogP contribution in [0.3, 0.4) is 0 Å². The van der Waals surface area contributed by atoms with Crippen LogP contribution in [0.2, 0.25) is 0 Å². The van der Waals surface area contributed by atoms with Crippen LogP contribution < -0.4 is 15.5 Å². The predicted molar refractivity (Wildman–Crippen MR) is 120 cm³/mol. The van der Waals surface area contributed by atoms with Crippen LogP contribution in [0.15, 0.2) is 6.07 Å². The maximum absolute atomic E-state index is 12.7. The van der Waals surface area contributed by atoms with Gasteiger partial charge >= 0.3 is 0 Å². The zero-order valence-electron chi connectivity index (χ0n) is 18.5. The van der Waals surface area contributed by atoms with Crippen LogP contribution in [-0.2, 0) is 4.79 Å². The number of nitrogens with zero attached hydrogens (tertiary/aromatic N) is 3. The second kappa shape index (κ2) is 8.35. The van der Waals surface area contributed by atoms with E-state index < -0.39 is 0 Å². The molecule has 5 fully saturated rings. The number of hydrogen-bond acceptors (Lipinski definition) is 5. The Balaban J connectivity index is 1.09. The molecule has 1 aliphatic heterocycles. The minimum atomic E-state index is 0.234. The number of carbonyl (C=O) groups is 1. The third kappa shape index (κ3) is 4.42. The monoisotopic (exact) mass is 411 g/mol. The second-order valence-corrected chi connectivity index (χ2v) is 10.6. The van der Waals surface area contributed by atoms with Crippen LogP contribution in [0.1, 0.15) is 69.9 Å². The molecule has 1 saturated heterocycles. The zero-order valence-corrected chi connectivity index (χ0v) is 18.5. The zero-order chi connectivity index (χ0) is 20.6. The quantitative estimate of drug-likeness (QED) is 0.666. The molecule has 4 aliphatic carbocycles. The molecule has 6 nitrogen and oxygen atoms in total. The van der Waals surface area contributed by atoms with Gasteiger partial charge in [-0.2, -0.15) is 4.98 Å².